The van der Waals surface area contributed by atoms with Gasteiger partial charge in [-0.25, -0.2) is 0 Å². The van der Waals surface area contributed by atoms with Gasteiger partial charge in [0.25, 0.3) is 0 Å². The van der Waals surface area contributed by atoms with Gasteiger partial charge in [0.2, 0.25) is 0 Å². The molecule has 0 aliphatic carbocycles. The number of hydrogen-bond acceptors (Lipinski definition) is 3. The van der Waals surface area contributed by atoms with Gasteiger partial charge in [-0.3, -0.25) is 9.52 Å². The number of anilines is 1. The third-order valence-electron chi connectivity index (χ3n) is 3.20. The minimum Gasteiger partial charge on any atom is -0.295 e. The second-order valence-electron chi connectivity index (χ2n) is 4.98. The van der Waals surface area contributed by atoms with Crippen LogP contribution in [-0.4, -0.2) is 25.6 Å². The number of rotatable bonds is 6. The first-order valence-corrected chi connectivity index (χ1v) is 8.21. The van der Waals surface area contributed by atoms with Crippen LogP contribution in [0.3, 0.4) is 0 Å². The molecule has 6 heteroatoms. The molecule has 2 aromatic rings. The number of carbonyl (C=O) groups excluding carboxylic acids is 1. The molecule has 0 aromatic heterocycles. The van der Waals surface area contributed by atoms with Crippen LogP contribution in [0, 0.1) is 0 Å². The van der Waals surface area contributed by atoms with Crippen molar-refractivity contribution in [3.63, 3.8) is 0 Å². The molecule has 0 radical (unpaired) electrons. The molecular weight excluding hydrogens is 300 g/mol. The van der Waals surface area contributed by atoms with Crippen molar-refractivity contribution in [2.24, 2.45) is 0 Å². The lowest BCUT2D eigenvalue weighted by molar-refractivity contribution is 0.101. The average Bonchev–Trinajstić information content (AvgIpc) is 2.48. The molecule has 0 spiro atoms. The van der Waals surface area contributed by atoms with Gasteiger partial charge in [0.15, 0.2) is 5.78 Å². The van der Waals surface area contributed by atoms with Gasteiger partial charge in [0.1, 0.15) is 0 Å². The van der Waals surface area contributed by atoms with Crippen LogP contribution in [0.2, 0.25) is 0 Å². The van der Waals surface area contributed by atoms with Crippen LogP contribution < -0.4 is 4.72 Å². The van der Waals surface area contributed by atoms with Crippen LogP contribution in [-0.2, 0) is 16.8 Å². The molecule has 0 aliphatic rings. The van der Waals surface area contributed by atoms with Crippen molar-refractivity contribution >= 4 is 21.7 Å². The quantitative estimate of drug-likeness (QED) is 0.833. The molecule has 0 unspecified atom stereocenters. The minimum atomic E-state index is -3.65. The molecule has 5 nitrogen and oxygen atoms in total. The lowest BCUT2D eigenvalue weighted by Gasteiger charge is -2.18. The second-order valence-corrected chi connectivity index (χ2v) is 6.76. The summed E-state index contributed by atoms with van der Waals surface area (Å²) in [7, 11) is -2.13. The zero-order valence-corrected chi connectivity index (χ0v) is 13.3. The molecule has 116 valence electrons. The highest BCUT2D eigenvalue weighted by molar-refractivity contribution is 7.90. The summed E-state index contributed by atoms with van der Waals surface area (Å²) in [5.74, 6) is -0.0596. The standard InChI is InChI=1S/C16H18N2O3S/c1-13(19)15-8-10-16(11-9-15)17-22(20,21)18(2)12-14-6-4-3-5-7-14/h3-11,17H,12H2,1-2H3. The molecular formula is C16H18N2O3S. The molecule has 0 aliphatic heterocycles. The van der Waals surface area contributed by atoms with E-state index in [1.165, 1.54) is 18.3 Å². The summed E-state index contributed by atoms with van der Waals surface area (Å²) in [5, 5.41) is 0. The Morgan fingerprint density at radius 2 is 1.64 bits per heavy atom. The van der Waals surface area contributed by atoms with Gasteiger partial charge < -0.3 is 0 Å². The van der Waals surface area contributed by atoms with Crippen molar-refractivity contribution in [3.05, 3.63) is 65.7 Å². The number of hydrogen-bond donors (Lipinski definition) is 1. The van der Waals surface area contributed by atoms with Gasteiger partial charge in [-0.1, -0.05) is 30.3 Å². The Kier molecular flexibility index (Phi) is 4.95. The maximum absolute atomic E-state index is 12.3. The fraction of sp³-hybridized carbons (Fsp3) is 0.188. The van der Waals surface area contributed by atoms with Crippen LogP contribution in [0.1, 0.15) is 22.8 Å². The van der Waals surface area contributed by atoms with Crippen molar-refractivity contribution in [1.82, 2.24) is 4.31 Å². The van der Waals surface area contributed by atoms with Crippen molar-refractivity contribution in [2.75, 3.05) is 11.8 Å². The molecule has 0 heterocycles. The molecule has 0 saturated carbocycles. The smallest absolute Gasteiger partial charge is 0.295 e. The Labute approximate surface area is 130 Å². The highest BCUT2D eigenvalue weighted by Crippen LogP contribution is 2.14. The predicted octanol–water partition coefficient (Wildman–Crippen LogP) is 2.68. The monoisotopic (exact) mass is 318 g/mol. The second kappa shape index (κ2) is 6.72. The first-order chi connectivity index (χ1) is 10.4. The third-order valence-corrected chi connectivity index (χ3v) is 4.64. The first kappa shape index (κ1) is 16.2. The summed E-state index contributed by atoms with van der Waals surface area (Å²) in [6.07, 6.45) is 0. The number of carbonyl (C=O) groups is 1. The molecule has 22 heavy (non-hydrogen) atoms. The molecule has 0 bridgehead atoms. The Bertz CT molecular complexity index is 741. The van der Waals surface area contributed by atoms with Crippen LogP contribution in [0.15, 0.2) is 54.6 Å². The van der Waals surface area contributed by atoms with Crippen LogP contribution in [0.25, 0.3) is 0 Å². The van der Waals surface area contributed by atoms with Gasteiger partial charge in [0.05, 0.1) is 0 Å². The molecule has 0 atom stereocenters. The molecule has 2 rings (SSSR count). The van der Waals surface area contributed by atoms with E-state index >= 15 is 0 Å². The highest BCUT2D eigenvalue weighted by atomic mass is 32.2. The number of ketones is 1. The van der Waals surface area contributed by atoms with E-state index in [1.54, 1.807) is 24.3 Å². The molecule has 0 amide bonds. The molecule has 0 fully saturated rings. The minimum absolute atomic E-state index is 0.0596. The van der Waals surface area contributed by atoms with Gasteiger partial charge >= 0.3 is 10.2 Å². The molecule has 1 N–H and O–H groups in total. The lowest BCUT2D eigenvalue weighted by atomic mass is 10.1. The van der Waals surface area contributed by atoms with Crippen LogP contribution in [0.5, 0.6) is 0 Å². The summed E-state index contributed by atoms with van der Waals surface area (Å²) in [6, 6.07) is 15.7. The van der Waals surface area contributed by atoms with Crippen molar-refractivity contribution in [3.8, 4) is 0 Å². The number of nitrogens with one attached hydrogen (secondary N) is 1. The van der Waals surface area contributed by atoms with E-state index in [1.807, 2.05) is 30.3 Å². The molecule has 2 aromatic carbocycles. The average molecular weight is 318 g/mol. The normalized spacial score (nSPS) is 11.4. The first-order valence-electron chi connectivity index (χ1n) is 6.77. The predicted molar refractivity (Wildman–Crippen MR) is 86.9 cm³/mol. The number of Topliss-reactive ketones (excluding diaryl/α,β-unsaturated/α-hetero) is 1. The van der Waals surface area contributed by atoms with E-state index in [9.17, 15) is 13.2 Å². The number of benzene rings is 2. The summed E-state index contributed by atoms with van der Waals surface area (Å²) >= 11 is 0. The Morgan fingerprint density at radius 3 is 2.18 bits per heavy atom. The van der Waals surface area contributed by atoms with E-state index in [0.717, 1.165) is 5.56 Å². The summed E-state index contributed by atoms with van der Waals surface area (Å²) < 4.78 is 28.3. The summed E-state index contributed by atoms with van der Waals surface area (Å²) in [5.41, 5.74) is 1.87. The van der Waals surface area contributed by atoms with Gasteiger partial charge in [0, 0.05) is 24.8 Å². The van der Waals surface area contributed by atoms with Crippen molar-refractivity contribution < 1.29 is 13.2 Å². The Balaban J connectivity index is 2.08. The fourth-order valence-electron chi connectivity index (χ4n) is 1.93. The van der Waals surface area contributed by atoms with E-state index in [0.29, 0.717) is 11.3 Å². The largest absolute Gasteiger partial charge is 0.301 e. The number of nitrogens with zero attached hydrogens (tertiary/aromatic N) is 1. The lowest BCUT2D eigenvalue weighted by Crippen LogP contribution is -2.32. The third kappa shape index (κ3) is 4.16. The Morgan fingerprint density at radius 1 is 1.05 bits per heavy atom. The summed E-state index contributed by atoms with van der Waals surface area (Å²) in [4.78, 5) is 11.2. The topological polar surface area (TPSA) is 66.5 Å². The van der Waals surface area contributed by atoms with Crippen molar-refractivity contribution in [2.45, 2.75) is 13.5 Å². The molecule has 0 saturated heterocycles. The summed E-state index contributed by atoms with van der Waals surface area (Å²) in [6.45, 7) is 1.74. The maximum Gasteiger partial charge on any atom is 0.301 e. The van der Waals surface area contributed by atoms with Gasteiger partial charge in [-0.2, -0.15) is 12.7 Å². The van der Waals surface area contributed by atoms with Gasteiger partial charge in [-0.05, 0) is 36.8 Å². The highest BCUT2D eigenvalue weighted by Gasteiger charge is 2.17. The Hall–Kier alpha value is -2.18. The van der Waals surface area contributed by atoms with Crippen LogP contribution in [0.4, 0.5) is 5.69 Å². The van der Waals surface area contributed by atoms with E-state index in [4.69, 9.17) is 0 Å². The SMILES string of the molecule is CC(=O)c1ccc(NS(=O)(=O)N(C)Cc2ccccc2)cc1. The van der Waals surface area contributed by atoms with E-state index in [-0.39, 0.29) is 12.3 Å². The fourth-order valence-corrected chi connectivity index (χ4v) is 2.83. The van der Waals surface area contributed by atoms with E-state index in [2.05, 4.69) is 4.72 Å². The zero-order chi connectivity index (χ0) is 16.2. The van der Waals surface area contributed by atoms with Crippen LogP contribution >= 0.6 is 0 Å². The maximum atomic E-state index is 12.3. The van der Waals surface area contributed by atoms with Crippen molar-refractivity contribution in [1.29, 1.82) is 0 Å². The zero-order valence-electron chi connectivity index (χ0n) is 12.5. The van der Waals surface area contributed by atoms with Gasteiger partial charge in [-0.15, -0.1) is 0 Å². The van der Waals surface area contributed by atoms with E-state index < -0.39 is 10.2 Å².